The summed E-state index contributed by atoms with van der Waals surface area (Å²) in [6.07, 6.45) is 1.84. The molecule has 1 aliphatic heterocycles. The zero-order chi connectivity index (χ0) is 14.0. The van der Waals surface area contributed by atoms with Crippen LogP contribution in [0.15, 0.2) is 12.1 Å². The van der Waals surface area contributed by atoms with Crippen LogP contribution in [0.3, 0.4) is 0 Å². The molecule has 1 unspecified atom stereocenters. The van der Waals surface area contributed by atoms with E-state index in [2.05, 4.69) is 38.2 Å². The highest BCUT2D eigenvalue weighted by Gasteiger charge is 2.33. The van der Waals surface area contributed by atoms with Crippen molar-refractivity contribution in [1.29, 1.82) is 0 Å². The first kappa shape index (κ1) is 14.4. The van der Waals surface area contributed by atoms with Crippen LogP contribution in [-0.2, 0) is 5.60 Å². The summed E-state index contributed by atoms with van der Waals surface area (Å²) >= 11 is 0. The van der Waals surface area contributed by atoms with Crippen molar-refractivity contribution in [1.82, 2.24) is 5.32 Å². The van der Waals surface area contributed by atoms with Gasteiger partial charge < -0.3 is 15.2 Å². The number of hydrogen-bond acceptors (Lipinski definition) is 3. The van der Waals surface area contributed by atoms with E-state index in [1.807, 2.05) is 0 Å². The lowest BCUT2D eigenvalue weighted by Crippen LogP contribution is -2.43. The zero-order valence-electron chi connectivity index (χ0n) is 12.4. The molecule has 0 amide bonds. The Morgan fingerprint density at radius 3 is 2.63 bits per heavy atom. The molecule has 19 heavy (non-hydrogen) atoms. The molecular weight excluding hydrogens is 238 g/mol. The van der Waals surface area contributed by atoms with Gasteiger partial charge in [0.15, 0.2) is 0 Å². The van der Waals surface area contributed by atoms with E-state index in [1.54, 1.807) is 7.11 Å². The number of ether oxygens (including phenoxy) is 1. The zero-order valence-corrected chi connectivity index (χ0v) is 12.4. The third-order valence-electron chi connectivity index (χ3n) is 4.06. The lowest BCUT2D eigenvalue weighted by molar-refractivity contribution is 0.0116. The standard InChI is InChI=1S/C16H25NO2/c1-11(2)13-9-14(12(3)8-15(13)19-4)16(18)6-5-7-17-10-16/h8-9,11,17-18H,5-7,10H2,1-4H3. The number of aliphatic hydroxyl groups is 1. The Hall–Kier alpha value is -1.06. The lowest BCUT2D eigenvalue weighted by Gasteiger charge is -2.35. The molecule has 3 nitrogen and oxygen atoms in total. The molecule has 0 saturated carbocycles. The van der Waals surface area contributed by atoms with Crippen molar-refractivity contribution in [2.24, 2.45) is 0 Å². The third-order valence-corrected chi connectivity index (χ3v) is 4.06. The fraction of sp³-hybridized carbons (Fsp3) is 0.625. The van der Waals surface area contributed by atoms with Gasteiger partial charge in [-0.2, -0.15) is 0 Å². The normalized spacial score (nSPS) is 23.7. The summed E-state index contributed by atoms with van der Waals surface area (Å²) in [6, 6.07) is 4.18. The molecule has 2 N–H and O–H groups in total. The highest BCUT2D eigenvalue weighted by Crippen LogP contribution is 2.36. The van der Waals surface area contributed by atoms with Gasteiger partial charge in [0.2, 0.25) is 0 Å². The average Bonchev–Trinajstić information content (AvgIpc) is 2.38. The van der Waals surface area contributed by atoms with E-state index < -0.39 is 5.60 Å². The van der Waals surface area contributed by atoms with Gasteiger partial charge in [-0.05, 0) is 61.1 Å². The van der Waals surface area contributed by atoms with Gasteiger partial charge in [-0.1, -0.05) is 13.8 Å². The van der Waals surface area contributed by atoms with E-state index in [0.29, 0.717) is 12.5 Å². The second-order valence-corrected chi connectivity index (χ2v) is 5.88. The van der Waals surface area contributed by atoms with E-state index in [1.165, 1.54) is 5.56 Å². The fourth-order valence-electron chi connectivity index (χ4n) is 2.95. The van der Waals surface area contributed by atoms with Gasteiger partial charge in [0, 0.05) is 6.54 Å². The van der Waals surface area contributed by atoms with Crippen LogP contribution in [0, 0.1) is 6.92 Å². The molecule has 1 aliphatic rings. The minimum Gasteiger partial charge on any atom is -0.496 e. The molecule has 1 fully saturated rings. The molecular formula is C16H25NO2. The van der Waals surface area contributed by atoms with E-state index in [-0.39, 0.29) is 0 Å². The first-order valence-electron chi connectivity index (χ1n) is 7.10. The van der Waals surface area contributed by atoms with Gasteiger partial charge in [0.25, 0.3) is 0 Å². The Balaban J connectivity index is 2.48. The number of methoxy groups -OCH3 is 1. The molecule has 3 heteroatoms. The molecule has 1 aromatic rings. The van der Waals surface area contributed by atoms with Crippen molar-refractivity contribution >= 4 is 0 Å². The summed E-state index contributed by atoms with van der Waals surface area (Å²) in [7, 11) is 1.71. The molecule has 0 aromatic heterocycles. The number of β-amino-alcohol motifs (C(OH)–C–C–N with tert-alkyl or cyclic N) is 1. The molecule has 0 aliphatic carbocycles. The smallest absolute Gasteiger partial charge is 0.122 e. The quantitative estimate of drug-likeness (QED) is 0.881. The Morgan fingerprint density at radius 1 is 1.37 bits per heavy atom. The Bertz CT molecular complexity index is 448. The van der Waals surface area contributed by atoms with Gasteiger partial charge in [-0.25, -0.2) is 0 Å². The predicted octanol–water partition coefficient (Wildman–Crippen LogP) is 2.70. The Morgan fingerprint density at radius 2 is 2.11 bits per heavy atom. The molecule has 1 heterocycles. The van der Waals surface area contributed by atoms with E-state index in [9.17, 15) is 5.11 Å². The minimum absolute atomic E-state index is 0.384. The molecule has 1 saturated heterocycles. The number of rotatable bonds is 3. The number of hydrogen-bond donors (Lipinski definition) is 2. The highest BCUT2D eigenvalue weighted by molar-refractivity contribution is 5.46. The minimum atomic E-state index is -0.738. The van der Waals surface area contributed by atoms with Crippen LogP contribution in [0.2, 0.25) is 0 Å². The van der Waals surface area contributed by atoms with Crippen LogP contribution >= 0.6 is 0 Å². The van der Waals surface area contributed by atoms with E-state index in [4.69, 9.17) is 4.74 Å². The van der Waals surface area contributed by atoms with Gasteiger partial charge >= 0.3 is 0 Å². The number of nitrogens with one attached hydrogen (secondary N) is 1. The number of piperidine rings is 1. The molecule has 0 radical (unpaired) electrons. The SMILES string of the molecule is COc1cc(C)c(C2(O)CCCNC2)cc1C(C)C. The molecule has 106 valence electrons. The first-order chi connectivity index (χ1) is 8.98. The Kier molecular flexibility index (Phi) is 4.16. The van der Waals surface area contributed by atoms with Gasteiger partial charge in [-0.3, -0.25) is 0 Å². The van der Waals surface area contributed by atoms with Crippen molar-refractivity contribution in [3.8, 4) is 5.75 Å². The summed E-state index contributed by atoms with van der Waals surface area (Å²) in [6.45, 7) is 7.99. The predicted molar refractivity (Wildman–Crippen MR) is 77.8 cm³/mol. The van der Waals surface area contributed by atoms with E-state index >= 15 is 0 Å². The molecule has 2 rings (SSSR count). The van der Waals surface area contributed by atoms with Crippen molar-refractivity contribution in [2.45, 2.75) is 45.1 Å². The highest BCUT2D eigenvalue weighted by atomic mass is 16.5. The second-order valence-electron chi connectivity index (χ2n) is 5.88. The number of benzene rings is 1. The maximum absolute atomic E-state index is 10.9. The average molecular weight is 263 g/mol. The second kappa shape index (κ2) is 5.51. The number of aryl methyl sites for hydroxylation is 1. The van der Waals surface area contributed by atoms with Crippen molar-refractivity contribution in [3.05, 3.63) is 28.8 Å². The molecule has 0 bridgehead atoms. The molecule has 1 atom stereocenters. The summed E-state index contributed by atoms with van der Waals surface area (Å²) in [4.78, 5) is 0. The molecule has 0 spiro atoms. The van der Waals surface area contributed by atoms with Crippen LogP contribution in [-0.4, -0.2) is 25.3 Å². The maximum atomic E-state index is 10.9. The van der Waals surface area contributed by atoms with Crippen LogP contribution in [0.25, 0.3) is 0 Å². The monoisotopic (exact) mass is 263 g/mol. The van der Waals surface area contributed by atoms with Gasteiger partial charge in [-0.15, -0.1) is 0 Å². The van der Waals surface area contributed by atoms with Gasteiger partial charge in [0.05, 0.1) is 7.11 Å². The van der Waals surface area contributed by atoms with Gasteiger partial charge in [0.1, 0.15) is 11.4 Å². The van der Waals surface area contributed by atoms with Crippen molar-refractivity contribution in [2.75, 3.05) is 20.2 Å². The first-order valence-corrected chi connectivity index (χ1v) is 7.10. The summed E-state index contributed by atoms with van der Waals surface area (Å²) in [5.74, 6) is 1.30. The topological polar surface area (TPSA) is 41.5 Å². The van der Waals surface area contributed by atoms with Crippen molar-refractivity contribution in [3.63, 3.8) is 0 Å². The summed E-state index contributed by atoms with van der Waals surface area (Å²) < 4.78 is 5.47. The largest absolute Gasteiger partial charge is 0.496 e. The van der Waals surface area contributed by atoms with Crippen LogP contribution < -0.4 is 10.1 Å². The third kappa shape index (κ3) is 2.77. The lowest BCUT2D eigenvalue weighted by atomic mass is 9.82. The van der Waals surface area contributed by atoms with Crippen molar-refractivity contribution < 1.29 is 9.84 Å². The fourth-order valence-corrected chi connectivity index (χ4v) is 2.95. The Labute approximate surface area is 116 Å². The van der Waals surface area contributed by atoms with Crippen LogP contribution in [0.4, 0.5) is 0 Å². The summed E-state index contributed by atoms with van der Waals surface area (Å²) in [5.41, 5.74) is 2.58. The summed E-state index contributed by atoms with van der Waals surface area (Å²) in [5, 5.41) is 14.2. The van der Waals surface area contributed by atoms with Crippen LogP contribution in [0.1, 0.15) is 49.3 Å². The van der Waals surface area contributed by atoms with Crippen LogP contribution in [0.5, 0.6) is 5.75 Å². The maximum Gasteiger partial charge on any atom is 0.122 e. The van der Waals surface area contributed by atoms with E-state index in [0.717, 1.165) is 36.3 Å². The molecule has 1 aromatic carbocycles.